The number of Topliss-reactive ketones (excluding diaryl/α,β-unsaturated/α-hetero) is 1. The van der Waals surface area contributed by atoms with Crippen LogP contribution in [0, 0.1) is 5.92 Å². The Morgan fingerprint density at radius 1 is 1.41 bits per heavy atom. The Bertz CT molecular complexity index is 414. The third-order valence-electron chi connectivity index (χ3n) is 3.04. The lowest BCUT2D eigenvalue weighted by atomic mass is 9.92. The largest absolute Gasteiger partial charge is 0.381 e. The number of ketones is 1. The van der Waals surface area contributed by atoms with E-state index < -0.39 is 0 Å². The standard InChI is InChI=1S/C13H14BrClO2/c14-12-2-1-10(15)8-11(12)13(16)7-9-3-5-17-6-4-9/h1-2,8-9H,3-7H2. The minimum atomic E-state index is 0.159. The first-order valence-corrected chi connectivity index (χ1v) is 6.90. The maximum atomic E-state index is 12.2. The van der Waals surface area contributed by atoms with Gasteiger partial charge in [-0.05, 0) is 37.0 Å². The van der Waals surface area contributed by atoms with Crippen molar-refractivity contribution >= 4 is 33.3 Å². The lowest BCUT2D eigenvalue weighted by molar-refractivity contribution is 0.0601. The summed E-state index contributed by atoms with van der Waals surface area (Å²) in [5.74, 6) is 0.605. The highest BCUT2D eigenvalue weighted by Crippen LogP contribution is 2.26. The molecule has 0 N–H and O–H groups in total. The molecule has 0 spiro atoms. The van der Waals surface area contributed by atoms with Crippen LogP contribution in [0.1, 0.15) is 29.6 Å². The van der Waals surface area contributed by atoms with Crippen LogP contribution in [-0.2, 0) is 4.74 Å². The molecule has 0 saturated carbocycles. The molecule has 2 nitrogen and oxygen atoms in total. The Balaban J connectivity index is 2.05. The minimum absolute atomic E-state index is 0.159. The molecule has 4 heteroatoms. The Morgan fingerprint density at radius 2 is 2.12 bits per heavy atom. The van der Waals surface area contributed by atoms with E-state index in [0.29, 0.717) is 22.9 Å². The lowest BCUT2D eigenvalue weighted by Gasteiger charge is -2.21. The molecule has 0 radical (unpaired) electrons. The van der Waals surface area contributed by atoms with Crippen molar-refractivity contribution in [2.24, 2.45) is 5.92 Å². The van der Waals surface area contributed by atoms with Crippen LogP contribution in [0.4, 0.5) is 0 Å². The second-order valence-electron chi connectivity index (χ2n) is 4.31. The summed E-state index contributed by atoms with van der Waals surface area (Å²) in [5.41, 5.74) is 0.684. The number of halogens is 2. The van der Waals surface area contributed by atoms with Crippen molar-refractivity contribution in [1.29, 1.82) is 0 Å². The van der Waals surface area contributed by atoms with E-state index in [1.165, 1.54) is 0 Å². The SMILES string of the molecule is O=C(CC1CCOCC1)c1cc(Cl)ccc1Br. The number of ether oxygens (including phenoxy) is 1. The quantitative estimate of drug-likeness (QED) is 0.785. The molecule has 0 aromatic heterocycles. The van der Waals surface area contributed by atoms with Gasteiger partial charge in [0.1, 0.15) is 0 Å². The average Bonchev–Trinajstić information content (AvgIpc) is 2.33. The van der Waals surface area contributed by atoms with Crippen molar-refractivity contribution in [3.63, 3.8) is 0 Å². The topological polar surface area (TPSA) is 26.3 Å². The Kier molecular flexibility index (Phi) is 4.60. The lowest BCUT2D eigenvalue weighted by Crippen LogP contribution is -2.18. The van der Waals surface area contributed by atoms with Crippen molar-refractivity contribution in [2.45, 2.75) is 19.3 Å². The maximum Gasteiger partial charge on any atom is 0.164 e. The first kappa shape index (κ1) is 13.1. The molecule has 1 aliphatic heterocycles. The van der Waals surface area contributed by atoms with E-state index in [4.69, 9.17) is 16.3 Å². The molecule has 0 atom stereocenters. The summed E-state index contributed by atoms with van der Waals surface area (Å²) in [7, 11) is 0. The van der Waals surface area contributed by atoms with Crippen LogP contribution in [0.2, 0.25) is 5.02 Å². The third kappa shape index (κ3) is 3.54. The molecule has 0 unspecified atom stereocenters. The normalized spacial score (nSPS) is 17.1. The van der Waals surface area contributed by atoms with Gasteiger partial charge < -0.3 is 4.74 Å². The Morgan fingerprint density at radius 3 is 2.82 bits per heavy atom. The predicted octanol–water partition coefficient (Wildman–Crippen LogP) is 4.10. The van der Waals surface area contributed by atoms with E-state index in [2.05, 4.69) is 15.9 Å². The zero-order valence-electron chi connectivity index (χ0n) is 9.42. The maximum absolute atomic E-state index is 12.2. The highest BCUT2D eigenvalue weighted by Gasteiger charge is 2.19. The van der Waals surface area contributed by atoms with Crippen LogP contribution in [-0.4, -0.2) is 19.0 Å². The molecule has 17 heavy (non-hydrogen) atoms. The van der Waals surface area contributed by atoms with Crippen molar-refractivity contribution in [3.8, 4) is 0 Å². The van der Waals surface area contributed by atoms with Crippen LogP contribution in [0.3, 0.4) is 0 Å². The summed E-state index contributed by atoms with van der Waals surface area (Å²) in [4.78, 5) is 12.2. The predicted molar refractivity (Wildman–Crippen MR) is 71.6 cm³/mol. The fourth-order valence-corrected chi connectivity index (χ4v) is 2.67. The first-order valence-electron chi connectivity index (χ1n) is 5.73. The van der Waals surface area contributed by atoms with Gasteiger partial charge in [-0.1, -0.05) is 27.5 Å². The minimum Gasteiger partial charge on any atom is -0.381 e. The van der Waals surface area contributed by atoms with E-state index in [9.17, 15) is 4.79 Å². The van der Waals surface area contributed by atoms with Gasteiger partial charge in [-0.25, -0.2) is 0 Å². The molecule has 1 aliphatic rings. The summed E-state index contributed by atoms with van der Waals surface area (Å²) in [5, 5.41) is 0.600. The highest BCUT2D eigenvalue weighted by molar-refractivity contribution is 9.10. The molecule has 1 heterocycles. The first-order chi connectivity index (χ1) is 8.16. The zero-order chi connectivity index (χ0) is 12.3. The number of benzene rings is 1. The molecule has 92 valence electrons. The van der Waals surface area contributed by atoms with Gasteiger partial charge in [0.05, 0.1) is 0 Å². The van der Waals surface area contributed by atoms with E-state index in [-0.39, 0.29) is 5.78 Å². The summed E-state index contributed by atoms with van der Waals surface area (Å²) in [6.45, 7) is 1.54. The van der Waals surface area contributed by atoms with Crippen molar-refractivity contribution in [2.75, 3.05) is 13.2 Å². The van der Waals surface area contributed by atoms with Crippen LogP contribution in [0.15, 0.2) is 22.7 Å². The van der Waals surface area contributed by atoms with Gasteiger partial charge >= 0.3 is 0 Å². The molecule has 0 amide bonds. The van der Waals surface area contributed by atoms with Crippen molar-refractivity contribution in [1.82, 2.24) is 0 Å². The number of carbonyl (C=O) groups is 1. The van der Waals surface area contributed by atoms with Crippen molar-refractivity contribution in [3.05, 3.63) is 33.3 Å². The number of rotatable bonds is 3. The summed E-state index contributed by atoms with van der Waals surface area (Å²) in [6.07, 6.45) is 2.54. The summed E-state index contributed by atoms with van der Waals surface area (Å²) >= 11 is 9.30. The van der Waals surface area contributed by atoms with E-state index in [1.54, 1.807) is 12.1 Å². The van der Waals surface area contributed by atoms with Gasteiger partial charge in [-0.15, -0.1) is 0 Å². The Hall–Kier alpha value is -0.380. The van der Waals surface area contributed by atoms with Crippen LogP contribution >= 0.6 is 27.5 Å². The summed E-state index contributed by atoms with van der Waals surface area (Å²) < 4.78 is 6.11. The van der Waals surface area contributed by atoms with Crippen molar-refractivity contribution < 1.29 is 9.53 Å². The monoisotopic (exact) mass is 316 g/mol. The fraction of sp³-hybridized carbons (Fsp3) is 0.462. The molecule has 0 aliphatic carbocycles. The number of hydrogen-bond acceptors (Lipinski definition) is 2. The zero-order valence-corrected chi connectivity index (χ0v) is 11.8. The fourth-order valence-electron chi connectivity index (χ4n) is 2.03. The smallest absolute Gasteiger partial charge is 0.164 e. The van der Waals surface area contributed by atoms with E-state index in [0.717, 1.165) is 30.5 Å². The molecule has 2 rings (SSSR count). The van der Waals surface area contributed by atoms with E-state index in [1.807, 2.05) is 6.07 Å². The molecular formula is C13H14BrClO2. The van der Waals surface area contributed by atoms with Gasteiger partial charge in [0.15, 0.2) is 5.78 Å². The second-order valence-corrected chi connectivity index (χ2v) is 5.60. The second kappa shape index (κ2) is 5.98. The molecule has 1 aromatic rings. The molecule has 1 fully saturated rings. The molecule has 1 saturated heterocycles. The molecule has 1 aromatic carbocycles. The molecular weight excluding hydrogens is 303 g/mol. The number of carbonyl (C=O) groups excluding carboxylic acids is 1. The summed E-state index contributed by atoms with van der Waals surface area (Å²) in [6, 6.07) is 5.32. The molecule has 0 bridgehead atoms. The van der Waals surface area contributed by atoms with Crippen LogP contribution in [0.25, 0.3) is 0 Å². The van der Waals surface area contributed by atoms with Gasteiger partial charge in [0, 0.05) is 34.7 Å². The van der Waals surface area contributed by atoms with Gasteiger partial charge in [-0.2, -0.15) is 0 Å². The van der Waals surface area contributed by atoms with E-state index >= 15 is 0 Å². The Labute approximate surface area is 114 Å². The van der Waals surface area contributed by atoms with Gasteiger partial charge in [0.25, 0.3) is 0 Å². The third-order valence-corrected chi connectivity index (χ3v) is 3.97. The van der Waals surface area contributed by atoms with Gasteiger partial charge in [-0.3, -0.25) is 4.79 Å². The van der Waals surface area contributed by atoms with Crippen LogP contribution in [0.5, 0.6) is 0 Å². The highest BCUT2D eigenvalue weighted by atomic mass is 79.9. The average molecular weight is 318 g/mol. The van der Waals surface area contributed by atoms with Crippen LogP contribution < -0.4 is 0 Å². The van der Waals surface area contributed by atoms with Gasteiger partial charge in [0.2, 0.25) is 0 Å². The number of hydrogen-bond donors (Lipinski definition) is 0.